The lowest BCUT2D eigenvalue weighted by molar-refractivity contribution is -0.150. The first-order valence-corrected chi connectivity index (χ1v) is 6.62. The molecule has 1 N–H and O–H groups in total. The number of unbranched alkanes of at least 4 members (excludes halogenated alkanes) is 3. The Hall–Kier alpha value is -1.10. The van der Waals surface area contributed by atoms with E-state index in [1.165, 1.54) is 0 Å². The van der Waals surface area contributed by atoms with Crippen molar-refractivity contribution in [2.24, 2.45) is 0 Å². The van der Waals surface area contributed by atoms with Gasteiger partial charge in [-0.2, -0.15) is 0 Å². The van der Waals surface area contributed by atoms with Gasteiger partial charge in [0, 0.05) is 6.61 Å². The molecular formula is C13H24O5. The van der Waals surface area contributed by atoms with E-state index in [1.807, 2.05) is 6.92 Å². The molecule has 0 aliphatic carbocycles. The summed E-state index contributed by atoms with van der Waals surface area (Å²) >= 11 is 0. The quantitative estimate of drug-likeness (QED) is 0.453. The van der Waals surface area contributed by atoms with Crippen molar-refractivity contribution < 1.29 is 24.2 Å². The molecule has 0 saturated heterocycles. The molecule has 0 fully saturated rings. The molecule has 0 saturated carbocycles. The van der Waals surface area contributed by atoms with Gasteiger partial charge in [-0.15, -0.1) is 0 Å². The van der Waals surface area contributed by atoms with Gasteiger partial charge in [0.05, 0.1) is 26.1 Å². The number of hydrogen-bond acceptors (Lipinski definition) is 5. The summed E-state index contributed by atoms with van der Waals surface area (Å²) in [4.78, 5) is 22.3. The summed E-state index contributed by atoms with van der Waals surface area (Å²) in [6, 6.07) is 0. The van der Waals surface area contributed by atoms with Crippen LogP contribution in [0, 0.1) is 0 Å². The van der Waals surface area contributed by atoms with Crippen LogP contribution >= 0.6 is 0 Å². The molecule has 0 aromatic heterocycles. The van der Waals surface area contributed by atoms with Crippen LogP contribution in [0.4, 0.5) is 0 Å². The van der Waals surface area contributed by atoms with E-state index in [2.05, 4.69) is 0 Å². The fraction of sp³-hybridized carbons (Fsp3) is 0.846. The molecule has 0 atom stereocenters. The Morgan fingerprint density at radius 1 is 0.889 bits per heavy atom. The van der Waals surface area contributed by atoms with Gasteiger partial charge in [-0.05, 0) is 25.7 Å². The van der Waals surface area contributed by atoms with E-state index in [1.54, 1.807) is 0 Å². The van der Waals surface area contributed by atoms with Gasteiger partial charge >= 0.3 is 11.9 Å². The van der Waals surface area contributed by atoms with Crippen molar-refractivity contribution in [3.63, 3.8) is 0 Å². The Balaban J connectivity index is 3.34. The average Bonchev–Trinajstić information content (AvgIpc) is 2.38. The number of aliphatic hydroxyl groups excluding tert-OH is 1. The predicted molar refractivity (Wildman–Crippen MR) is 67.0 cm³/mol. The standard InChI is InChI=1S/C13H24O5/c1-2-10-17-12(15)7-8-13(16)18-11-6-4-3-5-9-14/h14H,2-11H2,1H3. The van der Waals surface area contributed by atoms with E-state index in [-0.39, 0.29) is 31.4 Å². The highest BCUT2D eigenvalue weighted by Gasteiger charge is 2.08. The molecule has 0 aliphatic rings. The summed E-state index contributed by atoms with van der Waals surface area (Å²) in [6.45, 7) is 2.91. The predicted octanol–water partition coefficient (Wildman–Crippen LogP) is 1.82. The minimum absolute atomic E-state index is 0.0825. The Morgan fingerprint density at radius 3 is 2.00 bits per heavy atom. The molecule has 18 heavy (non-hydrogen) atoms. The normalized spacial score (nSPS) is 10.1. The maximum absolute atomic E-state index is 11.2. The Bertz CT molecular complexity index is 227. The van der Waals surface area contributed by atoms with E-state index in [0.29, 0.717) is 13.2 Å². The molecule has 0 spiro atoms. The highest BCUT2D eigenvalue weighted by molar-refractivity contribution is 5.77. The maximum Gasteiger partial charge on any atom is 0.306 e. The second kappa shape index (κ2) is 12.4. The van der Waals surface area contributed by atoms with Crippen molar-refractivity contribution in [1.82, 2.24) is 0 Å². The van der Waals surface area contributed by atoms with Crippen LogP contribution in [0.3, 0.4) is 0 Å². The van der Waals surface area contributed by atoms with E-state index in [9.17, 15) is 9.59 Å². The van der Waals surface area contributed by atoms with Crippen molar-refractivity contribution >= 4 is 11.9 Å². The lowest BCUT2D eigenvalue weighted by Gasteiger charge is -2.05. The van der Waals surface area contributed by atoms with Crippen molar-refractivity contribution in [1.29, 1.82) is 0 Å². The molecule has 106 valence electrons. The van der Waals surface area contributed by atoms with Crippen LogP contribution in [-0.2, 0) is 19.1 Å². The Kier molecular flexibility index (Phi) is 11.6. The van der Waals surface area contributed by atoms with E-state index in [4.69, 9.17) is 14.6 Å². The first-order chi connectivity index (χ1) is 8.70. The minimum Gasteiger partial charge on any atom is -0.466 e. The van der Waals surface area contributed by atoms with Crippen LogP contribution in [0.25, 0.3) is 0 Å². The van der Waals surface area contributed by atoms with Gasteiger partial charge in [-0.25, -0.2) is 0 Å². The Morgan fingerprint density at radius 2 is 1.44 bits per heavy atom. The molecule has 0 aromatic carbocycles. The number of esters is 2. The zero-order valence-corrected chi connectivity index (χ0v) is 11.2. The van der Waals surface area contributed by atoms with Gasteiger partial charge in [0.15, 0.2) is 0 Å². The molecule has 0 unspecified atom stereocenters. The molecule has 0 aliphatic heterocycles. The van der Waals surface area contributed by atoms with Crippen LogP contribution in [-0.4, -0.2) is 36.9 Å². The summed E-state index contributed by atoms with van der Waals surface area (Å²) in [5.41, 5.74) is 0. The summed E-state index contributed by atoms with van der Waals surface area (Å²) < 4.78 is 9.81. The minimum atomic E-state index is -0.356. The lowest BCUT2D eigenvalue weighted by atomic mass is 10.2. The SMILES string of the molecule is CCCOC(=O)CCC(=O)OCCCCCCO. The third-order valence-electron chi connectivity index (χ3n) is 2.32. The lowest BCUT2D eigenvalue weighted by Crippen LogP contribution is -2.11. The molecule has 0 rings (SSSR count). The first kappa shape index (κ1) is 16.9. The van der Waals surface area contributed by atoms with Crippen molar-refractivity contribution in [3.05, 3.63) is 0 Å². The highest BCUT2D eigenvalue weighted by Crippen LogP contribution is 2.01. The maximum atomic E-state index is 11.2. The summed E-state index contributed by atoms with van der Waals surface area (Å²) in [5.74, 6) is -0.706. The molecule has 0 radical (unpaired) electrons. The average molecular weight is 260 g/mol. The smallest absolute Gasteiger partial charge is 0.306 e. The second-order valence-corrected chi connectivity index (χ2v) is 4.08. The number of carbonyl (C=O) groups excluding carboxylic acids is 2. The van der Waals surface area contributed by atoms with Crippen LogP contribution in [0.15, 0.2) is 0 Å². The molecule has 0 bridgehead atoms. The largest absolute Gasteiger partial charge is 0.466 e. The number of hydrogen-bond donors (Lipinski definition) is 1. The zero-order valence-electron chi connectivity index (χ0n) is 11.2. The van der Waals surface area contributed by atoms with E-state index in [0.717, 1.165) is 32.1 Å². The third kappa shape index (κ3) is 11.4. The number of ether oxygens (including phenoxy) is 2. The molecule has 0 heterocycles. The molecular weight excluding hydrogens is 236 g/mol. The first-order valence-electron chi connectivity index (χ1n) is 6.62. The second-order valence-electron chi connectivity index (χ2n) is 4.08. The fourth-order valence-corrected chi connectivity index (χ4v) is 1.32. The van der Waals surface area contributed by atoms with E-state index < -0.39 is 0 Å². The zero-order chi connectivity index (χ0) is 13.6. The van der Waals surface area contributed by atoms with E-state index >= 15 is 0 Å². The monoisotopic (exact) mass is 260 g/mol. The van der Waals surface area contributed by atoms with Crippen LogP contribution in [0.1, 0.15) is 51.9 Å². The molecule has 0 amide bonds. The van der Waals surface area contributed by atoms with Crippen molar-refractivity contribution in [2.75, 3.05) is 19.8 Å². The number of carbonyl (C=O) groups is 2. The summed E-state index contributed by atoms with van der Waals surface area (Å²) in [7, 11) is 0. The molecule has 5 nitrogen and oxygen atoms in total. The summed E-state index contributed by atoms with van der Waals surface area (Å²) in [5, 5.41) is 8.57. The molecule has 0 aromatic rings. The fourth-order valence-electron chi connectivity index (χ4n) is 1.32. The van der Waals surface area contributed by atoms with Crippen LogP contribution in [0.2, 0.25) is 0 Å². The molecule has 5 heteroatoms. The summed E-state index contributed by atoms with van der Waals surface area (Å²) in [6.07, 6.45) is 4.42. The van der Waals surface area contributed by atoms with Gasteiger partial charge in [-0.1, -0.05) is 13.3 Å². The van der Waals surface area contributed by atoms with Crippen molar-refractivity contribution in [3.8, 4) is 0 Å². The number of aliphatic hydroxyl groups is 1. The van der Waals surface area contributed by atoms with Gasteiger partial charge < -0.3 is 14.6 Å². The van der Waals surface area contributed by atoms with Crippen molar-refractivity contribution in [2.45, 2.75) is 51.9 Å². The van der Waals surface area contributed by atoms with Gasteiger partial charge in [0.1, 0.15) is 0 Å². The van der Waals surface area contributed by atoms with Gasteiger partial charge in [0.2, 0.25) is 0 Å². The van der Waals surface area contributed by atoms with Gasteiger partial charge in [0.25, 0.3) is 0 Å². The highest BCUT2D eigenvalue weighted by atomic mass is 16.5. The van der Waals surface area contributed by atoms with Crippen LogP contribution < -0.4 is 0 Å². The van der Waals surface area contributed by atoms with Gasteiger partial charge in [-0.3, -0.25) is 9.59 Å². The Labute approximate surface area is 108 Å². The third-order valence-corrected chi connectivity index (χ3v) is 2.32. The number of rotatable bonds is 11. The van der Waals surface area contributed by atoms with Crippen LogP contribution in [0.5, 0.6) is 0 Å². The topological polar surface area (TPSA) is 72.8 Å².